The zero-order valence-corrected chi connectivity index (χ0v) is 19.5. The van der Waals surface area contributed by atoms with E-state index >= 15 is 0 Å². The first-order chi connectivity index (χ1) is 14.5. The van der Waals surface area contributed by atoms with Gasteiger partial charge in [-0.25, -0.2) is 16.8 Å². The summed E-state index contributed by atoms with van der Waals surface area (Å²) in [7, 11) is -30.0. The molecule has 0 amide bonds. The Hall–Kier alpha value is -1.04. The van der Waals surface area contributed by atoms with E-state index in [1.165, 1.54) is 0 Å². The van der Waals surface area contributed by atoms with E-state index in [0.29, 0.717) is 0 Å². The number of alkyl halides is 8. The van der Waals surface area contributed by atoms with Crippen molar-refractivity contribution in [3.63, 3.8) is 0 Å². The Morgan fingerprint density at radius 2 is 0.912 bits per heavy atom. The van der Waals surface area contributed by atoms with E-state index in [2.05, 4.69) is 0 Å². The van der Waals surface area contributed by atoms with Crippen LogP contribution in [0.2, 0.25) is 10.0 Å². The molecular formula is C10H4Cl2F8O10S4. The summed E-state index contributed by atoms with van der Waals surface area (Å²) in [5.41, 5.74) is 0. The molecule has 1 rings (SSSR count). The molecule has 0 heterocycles. The average molecular weight is 635 g/mol. The lowest BCUT2D eigenvalue weighted by Crippen LogP contribution is -2.53. The number of benzene rings is 1. The summed E-state index contributed by atoms with van der Waals surface area (Å²) in [4.78, 5) is -6.11. The molecule has 198 valence electrons. The molecule has 0 atom stereocenters. The molecule has 2 N–H and O–H groups in total. The topological polar surface area (TPSA) is 177 Å². The monoisotopic (exact) mass is 634 g/mol. The van der Waals surface area contributed by atoms with Crippen LogP contribution < -0.4 is 0 Å². The average Bonchev–Trinajstić information content (AvgIpc) is 2.60. The molecule has 0 spiro atoms. The van der Waals surface area contributed by atoms with Gasteiger partial charge in [0.25, 0.3) is 19.7 Å². The molecule has 0 aromatic heterocycles. The van der Waals surface area contributed by atoms with Gasteiger partial charge in [-0.15, -0.1) is 0 Å². The lowest BCUT2D eigenvalue weighted by atomic mass is 10.3. The SMILES string of the molecule is O=S(=O)(O)C(F)(F)C(F)(F)S(=O)(=O)c1ccc(Cl)c(Cl)c1S(=O)(=O)C(F)(F)C(F)(F)S(=O)(=O)O. The lowest BCUT2D eigenvalue weighted by molar-refractivity contribution is -0.102. The normalized spacial score (nSPS) is 15.4. The van der Waals surface area contributed by atoms with Crippen molar-refractivity contribution in [3.8, 4) is 0 Å². The third kappa shape index (κ3) is 4.14. The molecule has 0 radical (unpaired) electrons. The summed E-state index contributed by atoms with van der Waals surface area (Å²) in [5.74, 6) is 0. The number of sulfone groups is 2. The molecule has 24 heteroatoms. The quantitative estimate of drug-likeness (QED) is 0.319. The number of hydrogen-bond donors (Lipinski definition) is 2. The zero-order valence-electron chi connectivity index (χ0n) is 14.7. The van der Waals surface area contributed by atoms with Gasteiger partial charge in [-0.3, -0.25) is 9.11 Å². The Bertz CT molecular complexity index is 1450. The van der Waals surface area contributed by atoms with E-state index in [1.54, 1.807) is 0 Å². The maximum Gasteiger partial charge on any atom is 0.447 e. The molecule has 0 fully saturated rings. The van der Waals surface area contributed by atoms with Crippen LogP contribution in [-0.2, 0) is 39.9 Å². The van der Waals surface area contributed by atoms with Crippen molar-refractivity contribution in [2.45, 2.75) is 30.8 Å². The molecule has 0 aliphatic carbocycles. The van der Waals surface area contributed by atoms with Crippen molar-refractivity contribution in [3.05, 3.63) is 22.2 Å². The Labute approximate surface area is 193 Å². The van der Waals surface area contributed by atoms with E-state index in [4.69, 9.17) is 32.3 Å². The molecular weight excluding hydrogens is 631 g/mol. The Balaban J connectivity index is 4.28. The van der Waals surface area contributed by atoms with Crippen LogP contribution in [0.5, 0.6) is 0 Å². The first kappa shape index (κ1) is 31.0. The highest BCUT2D eigenvalue weighted by Crippen LogP contribution is 2.52. The maximum atomic E-state index is 14.1. The predicted molar refractivity (Wildman–Crippen MR) is 93.7 cm³/mol. The molecule has 10 nitrogen and oxygen atoms in total. The van der Waals surface area contributed by atoms with E-state index < -0.39 is 86.8 Å². The summed E-state index contributed by atoms with van der Waals surface area (Å²) in [6.45, 7) is 0. The van der Waals surface area contributed by atoms with Gasteiger partial charge < -0.3 is 0 Å². The van der Waals surface area contributed by atoms with Crippen LogP contribution in [0.3, 0.4) is 0 Å². The van der Waals surface area contributed by atoms with Gasteiger partial charge >= 0.3 is 41.3 Å². The van der Waals surface area contributed by atoms with Crippen LogP contribution in [0.1, 0.15) is 0 Å². The number of halogens is 10. The Morgan fingerprint density at radius 1 is 0.588 bits per heavy atom. The second-order valence-electron chi connectivity index (χ2n) is 5.71. The maximum absolute atomic E-state index is 14.1. The number of rotatable bonds is 8. The molecule has 0 unspecified atom stereocenters. The van der Waals surface area contributed by atoms with Gasteiger partial charge in [-0.1, -0.05) is 23.2 Å². The summed E-state index contributed by atoms with van der Waals surface area (Å²) in [6.07, 6.45) is 0. The van der Waals surface area contributed by atoms with E-state index in [9.17, 15) is 68.8 Å². The fourth-order valence-electron chi connectivity index (χ4n) is 1.86. The first-order valence-corrected chi connectivity index (χ1v) is 13.6. The van der Waals surface area contributed by atoms with Crippen LogP contribution in [0.4, 0.5) is 35.1 Å². The minimum absolute atomic E-state index is 0.0312. The Kier molecular flexibility index (Phi) is 7.51. The van der Waals surface area contributed by atoms with Crippen LogP contribution in [0.25, 0.3) is 0 Å². The highest BCUT2D eigenvalue weighted by atomic mass is 35.5. The zero-order chi connectivity index (χ0) is 27.7. The third-order valence-electron chi connectivity index (χ3n) is 3.57. The van der Waals surface area contributed by atoms with Crippen molar-refractivity contribution in [1.29, 1.82) is 0 Å². The van der Waals surface area contributed by atoms with Gasteiger partial charge in [0.2, 0.25) is 0 Å². The molecule has 1 aromatic carbocycles. The van der Waals surface area contributed by atoms with Crippen molar-refractivity contribution in [2.24, 2.45) is 0 Å². The van der Waals surface area contributed by atoms with Crippen LogP contribution in [-0.4, -0.2) is 63.8 Å². The van der Waals surface area contributed by atoms with Gasteiger partial charge in [0.05, 0.1) is 14.9 Å². The molecule has 0 bridgehead atoms. The summed E-state index contributed by atoms with van der Waals surface area (Å²) in [5, 5.41) is -31.8. The number of hydrogen-bond acceptors (Lipinski definition) is 8. The second-order valence-corrected chi connectivity index (χ2v) is 13.3. The highest BCUT2D eigenvalue weighted by molar-refractivity contribution is 7.97. The van der Waals surface area contributed by atoms with Gasteiger partial charge in [0.1, 0.15) is 4.90 Å². The summed E-state index contributed by atoms with van der Waals surface area (Å²) in [6, 6.07) is -0.622. The molecule has 34 heavy (non-hydrogen) atoms. The van der Waals surface area contributed by atoms with Gasteiger partial charge in [0, 0.05) is 0 Å². The molecule has 0 aliphatic heterocycles. The smallest absolute Gasteiger partial charge is 0.281 e. The van der Waals surface area contributed by atoms with Crippen molar-refractivity contribution < 1.29 is 77.9 Å². The Morgan fingerprint density at radius 3 is 1.24 bits per heavy atom. The first-order valence-electron chi connectivity index (χ1n) is 6.97. The van der Waals surface area contributed by atoms with Gasteiger partial charge in [-0.05, 0) is 12.1 Å². The van der Waals surface area contributed by atoms with Crippen molar-refractivity contribution in [1.82, 2.24) is 0 Å². The molecule has 0 saturated carbocycles. The van der Waals surface area contributed by atoms with Crippen LogP contribution in [0.15, 0.2) is 21.9 Å². The fraction of sp³-hybridized carbons (Fsp3) is 0.400. The summed E-state index contributed by atoms with van der Waals surface area (Å²) < 4.78 is 218. The fourth-order valence-corrected chi connectivity index (χ4v) is 7.57. The van der Waals surface area contributed by atoms with Crippen LogP contribution >= 0.6 is 23.2 Å². The second kappa shape index (κ2) is 8.24. The van der Waals surface area contributed by atoms with E-state index in [-0.39, 0.29) is 6.07 Å². The molecule has 1 aromatic rings. The predicted octanol–water partition coefficient (Wildman–Crippen LogP) is 2.69. The summed E-state index contributed by atoms with van der Waals surface area (Å²) >= 11 is 10.4. The largest absolute Gasteiger partial charge is 0.447 e. The van der Waals surface area contributed by atoms with E-state index in [1.807, 2.05) is 0 Å². The van der Waals surface area contributed by atoms with Gasteiger partial charge in [0.15, 0.2) is 0 Å². The van der Waals surface area contributed by atoms with Crippen molar-refractivity contribution in [2.75, 3.05) is 0 Å². The van der Waals surface area contributed by atoms with Crippen molar-refractivity contribution >= 4 is 63.1 Å². The molecule has 0 saturated heterocycles. The van der Waals surface area contributed by atoms with Crippen LogP contribution in [0, 0.1) is 0 Å². The van der Waals surface area contributed by atoms with Gasteiger partial charge in [-0.2, -0.15) is 52.0 Å². The standard InChI is InChI=1S/C10H4Cl2F8O10S4/c11-3-1-2-4(31(21,22)7(13,14)9(17,18)33(25,26)27)6(5(3)12)32(23,24)8(15,16)10(19,20)34(28,29)30/h1-2H,(H,25,26,27)(H,28,29,30). The molecule has 0 aliphatic rings. The minimum Gasteiger partial charge on any atom is -0.281 e. The van der Waals surface area contributed by atoms with E-state index in [0.717, 1.165) is 0 Å². The minimum atomic E-state index is -7.70. The lowest BCUT2D eigenvalue weighted by Gasteiger charge is -2.27. The highest BCUT2D eigenvalue weighted by Gasteiger charge is 2.76. The third-order valence-corrected chi connectivity index (χ3v) is 10.4.